The predicted molar refractivity (Wildman–Crippen MR) is 89.0 cm³/mol. The standard InChI is InChI=1S/C18H24FN3O2/c1-11-5-6-13(10-15(11)19)12(2)20-18(24)22-9-3-4-16(22)17(23)21-14-7-8-14/h5-6,10,12,14,16H,3-4,7-9H2,1-2H3,(H,20,24)(H,21,23)/t12-,16+/m0/s1. The quantitative estimate of drug-likeness (QED) is 0.890. The zero-order valence-corrected chi connectivity index (χ0v) is 14.1. The molecule has 3 amide bonds. The van der Waals surface area contributed by atoms with Crippen LogP contribution in [0, 0.1) is 12.7 Å². The van der Waals surface area contributed by atoms with Gasteiger partial charge in [0.1, 0.15) is 11.9 Å². The maximum Gasteiger partial charge on any atom is 0.318 e. The van der Waals surface area contributed by atoms with Crippen molar-refractivity contribution in [2.24, 2.45) is 0 Å². The number of hydrogen-bond acceptors (Lipinski definition) is 2. The summed E-state index contributed by atoms with van der Waals surface area (Å²) in [6.45, 7) is 4.09. The molecule has 0 bridgehead atoms. The molecule has 1 aliphatic carbocycles. The van der Waals surface area contributed by atoms with Gasteiger partial charge in [0.15, 0.2) is 0 Å². The minimum Gasteiger partial charge on any atom is -0.352 e. The second-order valence-electron chi connectivity index (χ2n) is 6.81. The molecule has 130 valence electrons. The Labute approximate surface area is 141 Å². The number of hydrogen-bond donors (Lipinski definition) is 2. The van der Waals surface area contributed by atoms with E-state index in [4.69, 9.17) is 0 Å². The fraction of sp³-hybridized carbons (Fsp3) is 0.556. The average molecular weight is 333 g/mol. The molecule has 6 heteroatoms. The molecule has 1 heterocycles. The van der Waals surface area contributed by atoms with Crippen molar-refractivity contribution in [3.63, 3.8) is 0 Å². The van der Waals surface area contributed by atoms with E-state index in [1.54, 1.807) is 17.9 Å². The van der Waals surface area contributed by atoms with Crippen LogP contribution in [0.25, 0.3) is 0 Å². The summed E-state index contributed by atoms with van der Waals surface area (Å²) >= 11 is 0. The number of likely N-dealkylation sites (tertiary alicyclic amines) is 1. The molecule has 3 rings (SSSR count). The number of nitrogens with one attached hydrogen (secondary N) is 2. The molecule has 2 N–H and O–H groups in total. The average Bonchev–Trinajstić information content (AvgIpc) is 3.21. The molecule has 1 saturated heterocycles. The Hall–Kier alpha value is -2.11. The Morgan fingerprint density at radius 3 is 2.71 bits per heavy atom. The van der Waals surface area contributed by atoms with Crippen molar-refractivity contribution in [1.82, 2.24) is 15.5 Å². The first-order chi connectivity index (χ1) is 11.5. The SMILES string of the molecule is Cc1ccc([C@H](C)NC(=O)N2CCC[C@@H]2C(=O)NC2CC2)cc1F. The number of amides is 3. The third-order valence-corrected chi connectivity index (χ3v) is 4.78. The highest BCUT2D eigenvalue weighted by atomic mass is 19.1. The van der Waals surface area contributed by atoms with Gasteiger partial charge in [-0.05, 0) is 56.7 Å². The first-order valence-corrected chi connectivity index (χ1v) is 8.59. The number of halogens is 1. The Morgan fingerprint density at radius 1 is 1.29 bits per heavy atom. The first kappa shape index (κ1) is 16.7. The minimum absolute atomic E-state index is 0.0563. The van der Waals surface area contributed by atoms with E-state index >= 15 is 0 Å². The molecule has 0 aromatic heterocycles. The molecule has 2 fully saturated rings. The zero-order chi connectivity index (χ0) is 17.3. The lowest BCUT2D eigenvalue weighted by Crippen LogP contribution is -2.50. The van der Waals surface area contributed by atoms with E-state index in [-0.39, 0.29) is 29.8 Å². The van der Waals surface area contributed by atoms with Gasteiger partial charge in [-0.1, -0.05) is 12.1 Å². The summed E-state index contributed by atoms with van der Waals surface area (Å²) in [6, 6.07) is 4.27. The number of urea groups is 1. The van der Waals surface area contributed by atoms with Gasteiger partial charge in [0.05, 0.1) is 6.04 Å². The molecule has 5 nitrogen and oxygen atoms in total. The van der Waals surface area contributed by atoms with E-state index < -0.39 is 6.04 Å². The molecule has 1 aliphatic heterocycles. The van der Waals surface area contributed by atoms with Crippen LogP contribution in [0.5, 0.6) is 0 Å². The molecule has 2 atom stereocenters. The van der Waals surface area contributed by atoms with Crippen LogP contribution < -0.4 is 10.6 Å². The molecule has 1 aromatic rings. The molecular weight excluding hydrogens is 309 g/mol. The largest absolute Gasteiger partial charge is 0.352 e. The van der Waals surface area contributed by atoms with Gasteiger partial charge in [-0.3, -0.25) is 4.79 Å². The van der Waals surface area contributed by atoms with Gasteiger partial charge in [-0.15, -0.1) is 0 Å². The number of aryl methyl sites for hydroxylation is 1. The van der Waals surface area contributed by atoms with Crippen LogP contribution in [0.1, 0.15) is 49.8 Å². The Balaban J connectivity index is 1.62. The van der Waals surface area contributed by atoms with Crippen LogP contribution in [0.2, 0.25) is 0 Å². The second kappa shape index (κ2) is 6.79. The fourth-order valence-electron chi connectivity index (χ4n) is 3.04. The van der Waals surface area contributed by atoms with Crippen LogP contribution in [0.4, 0.5) is 9.18 Å². The Bertz CT molecular complexity index is 645. The number of carbonyl (C=O) groups excluding carboxylic acids is 2. The van der Waals surface area contributed by atoms with E-state index in [1.807, 2.05) is 13.0 Å². The monoisotopic (exact) mass is 333 g/mol. The summed E-state index contributed by atoms with van der Waals surface area (Å²) in [6.07, 6.45) is 3.57. The lowest BCUT2D eigenvalue weighted by molar-refractivity contribution is -0.124. The lowest BCUT2D eigenvalue weighted by Gasteiger charge is -2.26. The van der Waals surface area contributed by atoms with Crippen molar-refractivity contribution in [2.75, 3.05) is 6.54 Å². The zero-order valence-electron chi connectivity index (χ0n) is 14.1. The third-order valence-electron chi connectivity index (χ3n) is 4.78. The minimum atomic E-state index is -0.396. The molecule has 1 saturated carbocycles. The van der Waals surface area contributed by atoms with Crippen molar-refractivity contribution >= 4 is 11.9 Å². The van der Waals surface area contributed by atoms with Gasteiger partial charge in [0.25, 0.3) is 0 Å². The Morgan fingerprint density at radius 2 is 2.04 bits per heavy atom. The number of rotatable bonds is 4. The van der Waals surface area contributed by atoms with Crippen molar-refractivity contribution in [2.45, 2.75) is 57.7 Å². The maximum atomic E-state index is 13.7. The molecule has 0 radical (unpaired) electrons. The van der Waals surface area contributed by atoms with Gasteiger partial charge in [0, 0.05) is 12.6 Å². The van der Waals surface area contributed by atoms with Crippen LogP contribution in [-0.2, 0) is 4.79 Å². The van der Waals surface area contributed by atoms with Gasteiger partial charge >= 0.3 is 6.03 Å². The normalized spacial score (nSPS) is 21.5. The molecule has 0 unspecified atom stereocenters. The number of benzene rings is 1. The summed E-state index contributed by atoms with van der Waals surface area (Å²) in [7, 11) is 0. The van der Waals surface area contributed by atoms with Crippen molar-refractivity contribution < 1.29 is 14.0 Å². The van der Waals surface area contributed by atoms with E-state index in [0.717, 1.165) is 19.3 Å². The van der Waals surface area contributed by atoms with Crippen LogP contribution >= 0.6 is 0 Å². The summed E-state index contributed by atoms with van der Waals surface area (Å²) in [5.41, 5.74) is 1.29. The van der Waals surface area contributed by atoms with E-state index in [1.165, 1.54) is 6.07 Å². The highest BCUT2D eigenvalue weighted by Crippen LogP contribution is 2.23. The smallest absolute Gasteiger partial charge is 0.318 e. The lowest BCUT2D eigenvalue weighted by atomic mass is 10.1. The van der Waals surface area contributed by atoms with Gasteiger partial charge < -0.3 is 15.5 Å². The Kier molecular flexibility index (Phi) is 4.73. The van der Waals surface area contributed by atoms with Gasteiger partial charge in [0.2, 0.25) is 5.91 Å². The topological polar surface area (TPSA) is 61.4 Å². The van der Waals surface area contributed by atoms with Crippen LogP contribution in [-0.4, -0.2) is 35.5 Å². The third kappa shape index (κ3) is 3.68. The van der Waals surface area contributed by atoms with Crippen molar-refractivity contribution in [3.8, 4) is 0 Å². The number of carbonyl (C=O) groups is 2. The van der Waals surface area contributed by atoms with Gasteiger partial charge in [-0.25, -0.2) is 9.18 Å². The van der Waals surface area contributed by atoms with E-state index in [9.17, 15) is 14.0 Å². The van der Waals surface area contributed by atoms with Crippen molar-refractivity contribution in [3.05, 3.63) is 35.1 Å². The van der Waals surface area contributed by atoms with Crippen LogP contribution in [0.15, 0.2) is 18.2 Å². The van der Waals surface area contributed by atoms with Crippen LogP contribution in [0.3, 0.4) is 0 Å². The summed E-state index contributed by atoms with van der Waals surface area (Å²) in [5, 5.41) is 5.85. The predicted octanol–water partition coefficient (Wildman–Crippen LogP) is 2.65. The van der Waals surface area contributed by atoms with E-state index in [0.29, 0.717) is 24.1 Å². The summed E-state index contributed by atoms with van der Waals surface area (Å²) in [4.78, 5) is 26.4. The highest BCUT2D eigenvalue weighted by Gasteiger charge is 2.36. The first-order valence-electron chi connectivity index (χ1n) is 8.59. The second-order valence-corrected chi connectivity index (χ2v) is 6.81. The molecule has 24 heavy (non-hydrogen) atoms. The summed E-state index contributed by atoms with van der Waals surface area (Å²) in [5.74, 6) is -0.337. The highest BCUT2D eigenvalue weighted by molar-refractivity contribution is 5.88. The number of nitrogens with zero attached hydrogens (tertiary/aromatic N) is 1. The van der Waals surface area contributed by atoms with E-state index in [2.05, 4.69) is 10.6 Å². The van der Waals surface area contributed by atoms with Crippen molar-refractivity contribution in [1.29, 1.82) is 0 Å². The fourth-order valence-corrected chi connectivity index (χ4v) is 3.04. The molecule has 0 spiro atoms. The molecule has 2 aliphatic rings. The molecule has 1 aromatic carbocycles. The maximum absolute atomic E-state index is 13.7. The summed E-state index contributed by atoms with van der Waals surface area (Å²) < 4.78 is 13.7. The molecular formula is C18H24FN3O2. The van der Waals surface area contributed by atoms with Gasteiger partial charge in [-0.2, -0.15) is 0 Å².